The van der Waals surface area contributed by atoms with E-state index in [1.165, 1.54) is 30.3 Å². The topological polar surface area (TPSA) is 83.1 Å². The summed E-state index contributed by atoms with van der Waals surface area (Å²) in [6.45, 7) is 0. The van der Waals surface area contributed by atoms with Crippen LogP contribution < -0.4 is 0 Å². The van der Waals surface area contributed by atoms with Gasteiger partial charge in [-0.2, -0.15) is 0 Å². The van der Waals surface area contributed by atoms with Crippen molar-refractivity contribution in [1.82, 2.24) is 4.90 Å². The number of carboxylic acids is 1. The Balaban J connectivity index is 1.45. The molecule has 2 fully saturated rings. The van der Waals surface area contributed by atoms with Crippen molar-refractivity contribution >= 4 is 52.2 Å². The van der Waals surface area contributed by atoms with E-state index in [4.69, 9.17) is 21.0 Å². The van der Waals surface area contributed by atoms with Crippen molar-refractivity contribution in [3.63, 3.8) is 0 Å². The lowest BCUT2D eigenvalue weighted by molar-refractivity contribution is -0.124. The number of carbonyl (C=O) groups excluding carboxylic acids is 1. The molecule has 1 saturated heterocycles. The van der Waals surface area contributed by atoms with Gasteiger partial charge in [-0.05, 0) is 67.1 Å². The third-order valence-electron chi connectivity index (χ3n) is 6.14. The van der Waals surface area contributed by atoms with Gasteiger partial charge in [-0.3, -0.25) is 9.69 Å². The Kier molecular flexibility index (Phi) is 6.79. The number of aliphatic imine (C=N–C) groups is 1. The van der Waals surface area contributed by atoms with Gasteiger partial charge in [0.25, 0.3) is 5.91 Å². The molecule has 2 aromatic carbocycles. The van der Waals surface area contributed by atoms with Crippen LogP contribution in [0.2, 0.25) is 5.02 Å². The summed E-state index contributed by atoms with van der Waals surface area (Å²) in [5.41, 5.74) is 1.41. The molecule has 0 bridgehead atoms. The van der Waals surface area contributed by atoms with Crippen LogP contribution in [-0.4, -0.2) is 33.1 Å². The van der Waals surface area contributed by atoms with Crippen molar-refractivity contribution < 1.29 is 19.1 Å². The highest BCUT2D eigenvalue weighted by Gasteiger charge is 2.38. The smallest absolute Gasteiger partial charge is 0.337 e. The molecule has 5 rings (SSSR count). The highest BCUT2D eigenvalue weighted by Crippen LogP contribution is 2.39. The number of carboxylic acid groups (broad SMARTS) is 1. The van der Waals surface area contributed by atoms with Crippen LogP contribution in [0.5, 0.6) is 0 Å². The third-order valence-corrected chi connectivity index (χ3v) is 7.45. The van der Waals surface area contributed by atoms with Crippen LogP contribution in [0.25, 0.3) is 17.4 Å². The number of amides is 1. The average molecular weight is 507 g/mol. The number of nitrogens with zero attached hydrogens (tertiary/aromatic N) is 2. The molecule has 0 atom stereocenters. The van der Waals surface area contributed by atoms with Gasteiger partial charge in [0.1, 0.15) is 11.5 Å². The lowest BCUT2D eigenvalue weighted by Gasteiger charge is -2.30. The second kappa shape index (κ2) is 10.1. The fourth-order valence-corrected chi connectivity index (χ4v) is 5.63. The standard InChI is InChI=1S/C27H23ClN2O4S/c28-22-13-11-17(15-21(22)26(32)33)23-14-12-20(34-23)16-24-25(31)30(19-9-5-2-6-10-19)27(35-24)29-18-7-3-1-4-8-18/h1,3-4,7-8,11-16,19H,2,5-6,9-10H2,(H,32,33). The van der Waals surface area contributed by atoms with Crippen LogP contribution >= 0.6 is 23.4 Å². The first-order valence-electron chi connectivity index (χ1n) is 11.5. The van der Waals surface area contributed by atoms with Crippen molar-refractivity contribution in [2.45, 2.75) is 38.1 Å². The summed E-state index contributed by atoms with van der Waals surface area (Å²) in [6.07, 6.45) is 7.09. The maximum absolute atomic E-state index is 13.5. The number of rotatable bonds is 5. The monoisotopic (exact) mass is 506 g/mol. The van der Waals surface area contributed by atoms with E-state index >= 15 is 0 Å². The Hall–Kier alpha value is -3.29. The van der Waals surface area contributed by atoms with Gasteiger partial charge in [0.05, 0.1) is 21.2 Å². The first kappa shape index (κ1) is 23.5. The minimum atomic E-state index is -1.10. The van der Waals surface area contributed by atoms with Gasteiger partial charge in [0.2, 0.25) is 0 Å². The van der Waals surface area contributed by atoms with E-state index in [1.54, 1.807) is 24.3 Å². The maximum Gasteiger partial charge on any atom is 0.337 e. The number of hydrogen-bond acceptors (Lipinski definition) is 5. The molecule has 0 radical (unpaired) electrons. The number of thioether (sulfide) groups is 1. The molecule has 35 heavy (non-hydrogen) atoms. The number of halogens is 1. The molecule has 1 aliphatic carbocycles. The Morgan fingerprint density at radius 2 is 1.86 bits per heavy atom. The number of benzene rings is 2. The number of carbonyl (C=O) groups is 2. The predicted molar refractivity (Wildman–Crippen MR) is 139 cm³/mol. The van der Waals surface area contributed by atoms with Gasteiger partial charge < -0.3 is 9.52 Å². The quantitative estimate of drug-likeness (QED) is 0.369. The summed E-state index contributed by atoms with van der Waals surface area (Å²) in [5.74, 6) is -0.165. The van der Waals surface area contributed by atoms with E-state index in [0.717, 1.165) is 31.4 Å². The Morgan fingerprint density at radius 3 is 2.60 bits per heavy atom. The maximum atomic E-state index is 13.5. The number of aromatic carboxylic acids is 1. The molecule has 8 heteroatoms. The van der Waals surface area contributed by atoms with Crippen molar-refractivity contribution in [3.8, 4) is 11.3 Å². The molecular formula is C27H23ClN2O4S. The summed E-state index contributed by atoms with van der Waals surface area (Å²) >= 11 is 7.34. The molecular weight excluding hydrogens is 484 g/mol. The molecule has 2 aliphatic rings. The highest BCUT2D eigenvalue weighted by atomic mass is 35.5. The van der Waals surface area contributed by atoms with Gasteiger partial charge in [-0.15, -0.1) is 0 Å². The summed E-state index contributed by atoms with van der Waals surface area (Å²) in [4.78, 5) is 32.1. The van der Waals surface area contributed by atoms with Gasteiger partial charge in [0, 0.05) is 17.7 Å². The molecule has 178 valence electrons. The first-order valence-corrected chi connectivity index (χ1v) is 12.7. The van der Waals surface area contributed by atoms with Gasteiger partial charge >= 0.3 is 5.97 Å². The van der Waals surface area contributed by atoms with E-state index in [9.17, 15) is 14.7 Å². The second-order valence-electron chi connectivity index (χ2n) is 8.51. The van der Waals surface area contributed by atoms with E-state index in [-0.39, 0.29) is 22.5 Å². The minimum Gasteiger partial charge on any atom is -0.478 e. The predicted octanol–water partition coefficient (Wildman–Crippen LogP) is 7.23. The normalized spacial score (nSPS) is 19.1. The zero-order chi connectivity index (χ0) is 24.4. The third kappa shape index (κ3) is 5.06. The summed E-state index contributed by atoms with van der Waals surface area (Å²) in [6, 6.07) is 18.0. The molecule has 0 spiro atoms. The minimum absolute atomic E-state index is 0.00638. The van der Waals surface area contributed by atoms with E-state index in [1.807, 2.05) is 35.2 Å². The molecule has 1 aromatic heterocycles. The van der Waals surface area contributed by atoms with Crippen LogP contribution in [0.1, 0.15) is 48.2 Å². The summed E-state index contributed by atoms with van der Waals surface area (Å²) in [7, 11) is 0. The Labute approximate surface area is 212 Å². The molecule has 6 nitrogen and oxygen atoms in total. The van der Waals surface area contributed by atoms with Crippen LogP contribution in [0.4, 0.5) is 5.69 Å². The number of amidine groups is 1. The molecule has 0 unspecified atom stereocenters. The zero-order valence-corrected chi connectivity index (χ0v) is 20.4. The van der Waals surface area contributed by atoms with Crippen LogP contribution in [0.15, 0.2) is 75.0 Å². The zero-order valence-electron chi connectivity index (χ0n) is 18.8. The van der Waals surface area contributed by atoms with Crippen molar-refractivity contribution in [2.75, 3.05) is 0 Å². The largest absolute Gasteiger partial charge is 0.478 e. The fourth-order valence-electron chi connectivity index (χ4n) is 4.40. The van der Waals surface area contributed by atoms with Gasteiger partial charge in [-0.25, -0.2) is 9.79 Å². The molecule has 1 N–H and O–H groups in total. The Bertz CT molecular complexity index is 1330. The molecule has 2 heterocycles. The van der Waals surface area contributed by atoms with Gasteiger partial charge in [-0.1, -0.05) is 49.1 Å². The van der Waals surface area contributed by atoms with E-state index in [2.05, 4.69) is 0 Å². The lowest BCUT2D eigenvalue weighted by atomic mass is 9.94. The molecule has 1 aliphatic heterocycles. The number of furan rings is 1. The summed E-state index contributed by atoms with van der Waals surface area (Å²) in [5, 5.41) is 10.2. The highest BCUT2D eigenvalue weighted by molar-refractivity contribution is 8.18. The first-order chi connectivity index (χ1) is 17.0. The van der Waals surface area contributed by atoms with Crippen molar-refractivity contribution in [3.05, 3.63) is 81.9 Å². The average Bonchev–Trinajstić information content (AvgIpc) is 3.45. The summed E-state index contributed by atoms with van der Waals surface area (Å²) < 4.78 is 5.95. The van der Waals surface area contributed by atoms with E-state index < -0.39 is 5.97 Å². The lowest BCUT2D eigenvalue weighted by Crippen LogP contribution is -2.40. The number of hydrogen-bond donors (Lipinski definition) is 1. The fraction of sp³-hybridized carbons (Fsp3) is 0.222. The van der Waals surface area contributed by atoms with Crippen LogP contribution in [0, 0.1) is 0 Å². The SMILES string of the molecule is O=C(O)c1cc(-c2ccc(C=C3SC(=Nc4ccccc4)N(C4CCCCC4)C3=O)o2)ccc1Cl. The molecule has 3 aromatic rings. The molecule has 1 amide bonds. The van der Waals surface area contributed by atoms with E-state index in [0.29, 0.717) is 27.2 Å². The second-order valence-corrected chi connectivity index (χ2v) is 9.93. The van der Waals surface area contributed by atoms with Crippen molar-refractivity contribution in [1.29, 1.82) is 0 Å². The molecule has 1 saturated carbocycles. The van der Waals surface area contributed by atoms with Crippen molar-refractivity contribution in [2.24, 2.45) is 4.99 Å². The van der Waals surface area contributed by atoms with Gasteiger partial charge in [0.15, 0.2) is 5.17 Å². The number of para-hydroxylation sites is 1. The Morgan fingerprint density at radius 1 is 1.09 bits per heavy atom. The van der Waals surface area contributed by atoms with Crippen LogP contribution in [-0.2, 0) is 4.79 Å². The van der Waals surface area contributed by atoms with Crippen LogP contribution in [0.3, 0.4) is 0 Å².